The third kappa shape index (κ3) is 1.80. The van der Waals surface area contributed by atoms with E-state index < -0.39 is 0 Å². The van der Waals surface area contributed by atoms with Crippen LogP contribution < -0.4 is 0 Å². The number of piperidine rings is 1. The summed E-state index contributed by atoms with van der Waals surface area (Å²) in [5, 5.41) is 10.8. The average molecular weight is 270 g/mol. The Morgan fingerprint density at radius 1 is 1.25 bits per heavy atom. The molecule has 0 radical (unpaired) electrons. The van der Waals surface area contributed by atoms with E-state index in [-0.39, 0.29) is 0 Å². The molecule has 0 saturated carbocycles. The largest absolute Gasteiger partial charge is 0.396 e. The molecule has 4 rings (SSSR count). The molecule has 3 heteroatoms. The van der Waals surface area contributed by atoms with E-state index in [0.717, 1.165) is 12.8 Å². The lowest BCUT2D eigenvalue weighted by molar-refractivity contribution is 0.0659. The van der Waals surface area contributed by atoms with Crippen LogP contribution in [-0.4, -0.2) is 34.7 Å². The molecule has 2 aromatic rings. The van der Waals surface area contributed by atoms with Gasteiger partial charge in [0.05, 0.1) is 6.04 Å². The Morgan fingerprint density at radius 3 is 3.05 bits per heavy atom. The Labute approximate surface area is 119 Å². The van der Waals surface area contributed by atoms with E-state index in [1.807, 2.05) is 0 Å². The fourth-order valence-corrected chi connectivity index (χ4v) is 4.29. The van der Waals surface area contributed by atoms with Crippen molar-refractivity contribution in [1.29, 1.82) is 0 Å². The number of H-pyrrole nitrogens is 1. The SMILES string of the molecule is OCC[C@H]1CCCN2CCc3c([nH]c4ccccc34)[C@H]12. The minimum Gasteiger partial charge on any atom is -0.396 e. The second-order valence-corrected chi connectivity index (χ2v) is 6.21. The van der Waals surface area contributed by atoms with E-state index >= 15 is 0 Å². The lowest BCUT2D eigenvalue weighted by Crippen LogP contribution is -2.43. The van der Waals surface area contributed by atoms with Crippen molar-refractivity contribution in [1.82, 2.24) is 9.88 Å². The Morgan fingerprint density at radius 2 is 2.15 bits per heavy atom. The molecule has 1 aromatic carbocycles. The number of aromatic nitrogens is 1. The monoisotopic (exact) mass is 270 g/mol. The predicted octanol–water partition coefficient (Wildman–Crippen LogP) is 2.86. The zero-order valence-corrected chi connectivity index (χ0v) is 11.8. The van der Waals surface area contributed by atoms with Crippen molar-refractivity contribution >= 4 is 10.9 Å². The number of nitrogens with zero attached hydrogens (tertiary/aromatic N) is 1. The van der Waals surface area contributed by atoms with Crippen molar-refractivity contribution < 1.29 is 5.11 Å². The minimum atomic E-state index is 0.310. The predicted molar refractivity (Wildman–Crippen MR) is 80.7 cm³/mol. The highest BCUT2D eigenvalue weighted by Crippen LogP contribution is 2.43. The molecule has 2 atom stereocenters. The van der Waals surface area contributed by atoms with Gasteiger partial charge in [-0.3, -0.25) is 4.90 Å². The summed E-state index contributed by atoms with van der Waals surface area (Å²) in [7, 11) is 0. The molecule has 20 heavy (non-hydrogen) atoms. The minimum absolute atomic E-state index is 0.310. The molecule has 106 valence electrons. The van der Waals surface area contributed by atoms with Crippen molar-refractivity contribution in [2.45, 2.75) is 31.7 Å². The highest BCUT2D eigenvalue weighted by atomic mass is 16.3. The number of nitrogens with one attached hydrogen (secondary N) is 1. The molecule has 0 spiro atoms. The highest BCUT2D eigenvalue weighted by molar-refractivity contribution is 5.85. The first kappa shape index (κ1) is 12.4. The van der Waals surface area contributed by atoms with Crippen molar-refractivity contribution in [2.75, 3.05) is 19.7 Å². The number of aliphatic hydroxyl groups is 1. The van der Waals surface area contributed by atoms with E-state index in [2.05, 4.69) is 34.1 Å². The maximum Gasteiger partial charge on any atom is 0.0530 e. The van der Waals surface area contributed by atoms with E-state index in [4.69, 9.17) is 0 Å². The fourth-order valence-electron chi connectivity index (χ4n) is 4.29. The van der Waals surface area contributed by atoms with E-state index in [1.165, 1.54) is 48.1 Å². The van der Waals surface area contributed by atoms with Gasteiger partial charge in [0, 0.05) is 29.7 Å². The van der Waals surface area contributed by atoms with Crippen LogP contribution in [0.3, 0.4) is 0 Å². The summed E-state index contributed by atoms with van der Waals surface area (Å²) in [4.78, 5) is 6.31. The van der Waals surface area contributed by atoms with Crippen molar-refractivity contribution in [3.8, 4) is 0 Å². The molecule has 0 amide bonds. The lowest BCUT2D eigenvalue weighted by atomic mass is 9.81. The van der Waals surface area contributed by atoms with Gasteiger partial charge < -0.3 is 10.1 Å². The van der Waals surface area contributed by atoms with E-state index in [0.29, 0.717) is 18.6 Å². The number of aromatic amines is 1. The van der Waals surface area contributed by atoms with Crippen molar-refractivity contribution in [3.05, 3.63) is 35.5 Å². The average Bonchev–Trinajstić information content (AvgIpc) is 2.86. The van der Waals surface area contributed by atoms with Gasteiger partial charge in [0.15, 0.2) is 0 Å². The van der Waals surface area contributed by atoms with Crippen LogP contribution >= 0.6 is 0 Å². The molecular formula is C17H22N2O. The van der Waals surface area contributed by atoms with Gasteiger partial charge in [-0.25, -0.2) is 0 Å². The van der Waals surface area contributed by atoms with Gasteiger partial charge in [0.1, 0.15) is 0 Å². The summed E-state index contributed by atoms with van der Waals surface area (Å²) in [5.41, 5.74) is 4.22. The fraction of sp³-hybridized carbons (Fsp3) is 0.529. The summed E-state index contributed by atoms with van der Waals surface area (Å²) in [6.45, 7) is 2.69. The lowest BCUT2D eigenvalue weighted by Gasteiger charge is -2.44. The standard InChI is InChI=1S/C17H22N2O/c20-11-8-12-4-3-9-19-10-7-14-13-5-1-2-6-15(13)18-16(14)17(12)19/h1-2,5-6,12,17-18,20H,3-4,7-11H2/t12-,17+/m1/s1. The molecule has 0 aliphatic carbocycles. The van der Waals surface area contributed by atoms with Crippen LogP contribution in [0, 0.1) is 5.92 Å². The van der Waals surface area contributed by atoms with Crippen LogP contribution in [0.2, 0.25) is 0 Å². The smallest absolute Gasteiger partial charge is 0.0530 e. The molecule has 0 unspecified atom stereocenters. The molecule has 3 heterocycles. The van der Waals surface area contributed by atoms with Crippen LogP contribution in [0.1, 0.15) is 36.6 Å². The summed E-state index contributed by atoms with van der Waals surface area (Å²) >= 11 is 0. The van der Waals surface area contributed by atoms with Crippen LogP contribution in [0.5, 0.6) is 0 Å². The second-order valence-electron chi connectivity index (χ2n) is 6.21. The van der Waals surface area contributed by atoms with Gasteiger partial charge in [-0.1, -0.05) is 18.2 Å². The van der Waals surface area contributed by atoms with Gasteiger partial charge in [0.2, 0.25) is 0 Å². The summed E-state index contributed by atoms with van der Waals surface area (Å²) in [5.74, 6) is 0.598. The molecule has 1 aromatic heterocycles. The number of para-hydroxylation sites is 1. The van der Waals surface area contributed by atoms with Gasteiger partial charge in [-0.05, 0) is 49.8 Å². The maximum absolute atomic E-state index is 9.37. The normalized spacial score (nSPS) is 26.4. The first-order valence-corrected chi connectivity index (χ1v) is 7.83. The second kappa shape index (κ2) is 4.90. The van der Waals surface area contributed by atoms with Crippen LogP contribution in [0.25, 0.3) is 10.9 Å². The third-order valence-electron chi connectivity index (χ3n) is 5.15. The third-order valence-corrected chi connectivity index (χ3v) is 5.15. The number of benzene rings is 1. The molecule has 3 nitrogen and oxygen atoms in total. The molecule has 2 aliphatic rings. The van der Waals surface area contributed by atoms with Crippen molar-refractivity contribution in [2.24, 2.45) is 5.92 Å². The molecule has 1 saturated heterocycles. The number of rotatable bonds is 2. The highest BCUT2D eigenvalue weighted by Gasteiger charge is 2.37. The number of fused-ring (bicyclic) bond motifs is 5. The molecule has 2 aliphatic heterocycles. The number of hydrogen-bond acceptors (Lipinski definition) is 2. The topological polar surface area (TPSA) is 39.3 Å². The van der Waals surface area contributed by atoms with Crippen LogP contribution in [-0.2, 0) is 6.42 Å². The molecular weight excluding hydrogens is 248 g/mol. The molecule has 0 bridgehead atoms. The maximum atomic E-state index is 9.37. The zero-order valence-electron chi connectivity index (χ0n) is 11.8. The van der Waals surface area contributed by atoms with E-state index in [9.17, 15) is 5.11 Å². The van der Waals surface area contributed by atoms with Crippen molar-refractivity contribution in [3.63, 3.8) is 0 Å². The summed E-state index contributed by atoms with van der Waals surface area (Å²) < 4.78 is 0. The van der Waals surface area contributed by atoms with Gasteiger partial charge in [-0.2, -0.15) is 0 Å². The Hall–Kier alpha value is -1.32. The van der Waals surface area contributed by atoms with Crippen LogP contribution in [0.4, 0.5) is 0 Å². The molecule has 2 N–H and O–H groups in total. The first-order valence-electron chi connectivity index (χ1n) is 7.83. The number of aliphatic hydroxyl groups excluding tert-OH is 1. The van der Waals surface area contributed by atoms with Crippen LogP contribution in [0.15, 0.2) is 24.3 Å². The van der Waals surface area contributed by atoms with E-state index in [1.54, 1.807) is 0 Å². The Kier molecular flexibility index (Phi) is 3.04. The first-order chi connectivity index (χ1) is 9.88. The Bertz CT molecular complexity index is 616. The summed E-state index contributed by atoms with van der Waals surface area (Å²) in [6, 6.07) is 9.15. The quantitative estimate of drug-likeness (QED) is 0.881. The van der Waals surface area contributed by atoms with Gasteiger partial charge >= 0.3 is 0 Å². The Balaban J connectivity index is 1.82. The van der Waals surface area contributed by atoms with Gasteiger partial charge in [0.25, 0.3) is 0 Å². The number of hydrogen-bond donors (Lipinski definition) is 2. The zero-order chi connectivity index (χ0) is 13.5. The molecule has 1 fully saturated rings. The van der Waals surface area contributed by atoms with Gasteiger partial charge in [-0.15, -0.1) is 0 Å². The summed E-state index contributed by atoms with van der Waals surface area (Å²) in [6.07, 6.45) is 4.60.